The molecule has 0 radical (unpaired) electrons. The Bertz CT molecular complexity index is 1020. The summed E-state index contributed by atoms with van der Waals surface area (Å²) in [5.74, 6) is 1.11. The van der Waals surface area contributed by atoms with Crippen molar-refractivity contribution < 1.29 is 10.2 Å². The van der Waals surface area contributed by atoms with Gasteiger partial charge in [-0.25, -0.2) is 0 Å². The number of fused-ring (bicyclic) bond motifs is 1. The van der Waals surface area contributed by atoms with E-state index in [4.69, 9.17) is 0 Å². The molecule has 3 fully saturated rings. The lowest BCUT2D eigenvalue weighted by Crippen LogP contribution is -2.68. The van der Waals surface area contributed by atoms with E-state index in [9.17, 15) is 10.2 Å². The molecular formula is C28H42N4O2. The van der Waals surface area contributed by atoms with Crippen LogP contribution in [-0.2, 0) is 12.0 Å². The number of nitrogens with zero attached hydrogens (tertiary/aromatic N) is 4. The molecule has 1 saturated carbocycles. The van der Waals surface area contributed by atoms with E-state index in [1.54, 1.807) is 6.07 Å². The van der Waals surface area contributed by atoms with Crippen molar-refractivity contribution >= 4 is 0 Å². The Morgan fingerprint density at radius 2 is 1.85 bits per heavy atom. The second-order valence-electron chi connectivity index (χ2n) is 11.5. The zero-order valence-electron chi connectivity index (χ0n) is 21.4. The van der Waals surface area contributed by atoms with Crippen molar-refractivity contribution in [1.82, 2.24) is 19.6 Å². The predicted octanol–water partition coefficient (Wildman–Crippen LogP) is 3.86. The Hall–Kier alpha value is -1.89. The topological polar surface area (TPSA) is 64.8 Å². The van der Waals surface area contributed by atoms with E-state index >= 15 is 0 Å². The zero-order chi connectivity index (χ0) is 24.1. The number of aryl methyl sites for hydroxylation is 2. The van der Waals surface area contributed by atoms with Crippen molar-refractivity contribution in [2.75, 3.05) is 26.2 Å². The molecule has 6 nitrogen and oxygen atoms in total. The highest BCUT2D eigenvalue weighted by Crippen LogP contribution is 2.53. The maximum Gasteiger partial charge on any atom is 0.115 e. The van der Waals surface area contributed by atoms with Crippen molar-refractivity contribution in [3.8, 4) is 5.75 Å². The van der Waals surface area contributed by atoms with Gasteiger partial charge in [-0.3, -0.25) is 14.5 Å². The first kappa shape index (κ1) is 23.8. The number of likely N-dealkylation sites (tertiary alicyclic amines) is 2. The van der Waals surface area contributed by atoms with Gasteiger partial charge in [0.2, 0.25) is 0 Å². The normalized spacial score (nSPS) is 31.7. The van der Waals surface area contributed by atoms with Crippen LogP contribution in [-0.4, -0.2) is 73.7 Å². The SMILES string of the molecule is Cc1cnn(CC(C)N2CCC3(c4cc(O)ccc4C)CCN(CC4CC4)C(C)C3(O)CC2)c1. The van der Waals surface area contributed by atoms with E-state index in [1.165, 1.54) is 24.0 Å². The van der Waals surface area contributed by atoms with Crippen LogP contribution in [0.25, 0.3) is 0 Å². The average Bonchev–Trinajstić information content (AvgIpc) is 3.56. The fourth-order valence-electron chi connectivity index (χ4n) is 6.90. The minimum Gasteiger partial charge on any atom is -0.508 e. The minimum atomic E-state index is -0.838. The summed E-state index contributed by atoms with van der Waals surface area (Å²) in [5, 5.41) is 27.6. The van der Waals surface area contributed by atoms with Gasteiger partial charge >= 0.3 is 0 Å². The number of aromatic hydroxyl groups is 1. The summed E-state index contributed by atoms with van der Waals surface area (Å²) >= 11 is 0. The standard InChI is InChI=1S/C28H42N4O2/c1-20-16-29-32(17-20)18-22(3)30-12-9-27(26-15-25(33)8-5-21(26)2)10-13-31(19-24-6-7-24)23(4)28(27,34)11-14-30/h5,8,15-17,22-24,33-34H,6-7,9-14,18-19H2,1-4H3. The Morgan fingerprint density at radius 3 is 2.56 bits per heavy atom. The van der Waals surface area contributed by atoms with Crippen molar-refractivity contribution in [3.63, 3.8) is 0 Å². The van der Waals surface area contributed by atoms with E-state index < -0.39 is 5.60 Å². The first-order valence-corrected chi connectivity index (χ1v) is 13.2. The molecule has 1 aliphatic carbocycles. The average molecular weight is 467 g/mol. The number of piperidine rings is 1. The minimum absolute atomic E-state index is 0.0904. The van der Waals surface area contributed by atoms with E-state index in [0.717, 1.165) is 63.5 Å². The monoisotopic (exact) mass is 466 g/mol. The van der Waals surface area contributed by atoms with Gasteiger partial charge < -0.3 is 10.2 Å². The van der Waals surface area contributed by atoms with Crippen LogP contribution in [0.5, 0.6) is 5.75 Å². The van der Waals surface area contributed by atoms with Gasteiger partial charge in [-0.05, 0) is 108 Å². The number of rotatable bonds is 6. The molecule has 3 aliphatic rings. The predicted molar refractivity (Wildman–Crippen MR) is 135 cm³/mol. The zero-order valence-corrected chi connectivity index (χ0v) is 21.4. The fourth-order valence-corrected chi connectivity index (χ4v) is 6.90. The fraction of sp³-hybridized carbons (Fsp3) is 0.679. The molecule has 3 heterocycles. The van der Waals surface area contributed by atoms with Gasteiger partial charge in [0.1, 0.15) is 5.75 Å². The van der Waals surface area contributed by atoms with Crippen LogP contribution in [0.15, 0.2) is 30.6 Å². The summed E-state index contributed by atoms with van der Waals surface area (Å²) < 4.78 is 2.04. The van der Waals surface area contributed by atoms with E-state index in [-0.39, 0.29) is 11.5 Å². The third kappa shape index (κ3) is 4.18. The largest absolute Gasteiger partial charge is 0.508 e. The Morgan fingerprint density at radius 1 is 1.12 bits per heavy atom. The summed E-state index contributed by atoms with van der Waals surface area (Å²) in [5.41, 5.74) is 2.31. The quantitative estimate of drug-likeness (QED) is 0.677. The molecule has 34 heavy (non-hydrogen) atoms. The summed E-state index contributed by atoms with van der Waals surface area (Å²) in [6.45, 7) is 13.5. The number of aromatic nitrogens is 2. The molecule has 4 unspecified atom stereocenters. The van der Waals surface area contributed by atoms with Gasteiger partial charge in [-0.1, -0.05) is 6.07 Å². The summed E-state index contributed by atoms with van der Waals surface area (Å²) in [6.07, 6.45) is 9.27. The lowest BCUT2D eigenvalue weighted by atomic mass is 9.57. The number of hydrogen-bond donors (Lipinski definition) is 2. The van der Waals surface area contributed by atoms with E-state index in [0.29, 0.717) is 11.8 Å². The van der Waals surface area contributed by atoms with E-state index in [1.807, 2.05) is 23.0 Å². The molecule has 0 amide bonds. The first-order valence-electron chi connectivity index (χ1n) is 13.2. The smallest absolute Gasteiger partial charge is 0.115 e. The first-order chi connectivity index (χ1) is 16.2. The van der Waals surface area contributed by atoms with Crippen LogP contribution in [0.4, 0.5) is 0 Å². The van der Waals surface area contributed by atoms with Crippen LogP contribution in [0.1, 0.15) is 62.6 Å². The molecule has 6 heteroatoms. The third-order valence-electron chi connectivity index (χ3n) is 9.26. The number of aliphatic hydroxyl groups is 1. The molecule has 186 valence electrons. The molecule has 0 bridgehead atoms. The lowest BCUT2D eigenvalue weighted by Gasteiger charge is -2.58. The highest BCUT2D eigenvalue weighted by molar-refractivity contribution is 5.43. The van der Waals surface area contributed by atoms with Crippen LogP contribution in [0.3, 0.4) is 0 Å². The third-order valence-corrected chi connectivity index (χ3v) is 9.26. The van der Waals surface area contributed by atoms with Gasteiger partial charge in [0, 0.05) is 36.8 Å². The molecule has 2 aliphatic heterocycles. The molecule has 1 aromatic heterocycles. The summed E-state index contributed by atoms with van der Waals surface area (Å²) in [6, 6.07) is 6.16. The van der Waals surface area contributed by atoms with Crippen LogP contribution in [0.2, 0.25) is 0 Å². The molecule has 2 N–H and O–H groups in total. The van der Waals surface area contributed by atoms with Gasteiger partial charge in [0.25, 0.3) is 0 Å². The van der Waals surface area contributed by atoms with Crippen LogP contribution < -0.4 is 0 Å². The molecule has 4 atom stereocenters. The molecule has 2 aromatic rings. The molecular weight excluding hydrogens is 424 g/mol. The highest BCUT2D eigenvalue weighted by atomic mass is 16.3. The second kappa shape index (κ2) is 8.96. The Labute approximate surface area is 204 Å². The van der Waals surface area contributed by atoms with Crippen molar-refractivity contribution in [2.45, 2.75) is 89.4 Å². The number of phenols is 1. The maximum atomic E-state index is 12.7. The maximum absolute atomic E-state index is 12.7. The molecule has 0 spiro atoms. The summed E-state index contributed by atoms with van der Waals surface area (Å²) in [7, 11) is 0. The van der Waals surface area contributed by atoms with Gasteiger partial charge in [-0.15, -0.1) is 0 Å². The van der Waals surface area contributed by atoms with Crippen LogP contribution in [0, 0.1) is 19.8 Å². The van der Waals surface area contributed by atoms with Crippen molar-refractivity contribution in [2.24, 2.45) is 5.92 Å². The second-order valence-corrected chi connectivity index (χ2v) is 11.5. The van der Waals surface area contributed by atoms with Gasteiger partial charge in [-0.2, -0.15) is 5.10 Å². The van der Waals surface area contributed by atoms with Gasteiger partial charge in [0.05, 0.1) is 18.3 Å². The summed E-state index contributed by atoms with van der Waals surface area (Å²) in [4.78, 5) is 5.10. The van der Waals surface area contributed by atoms with Crippen LogP contribution >= 0.6 is 0 Å². The Kier molecular flexibility index (Phi) is 6.28. The number of phenolic OH excluding ortho intramolecular Hbond substituents is 1. The number of benzene rings is 1. The lowest BCUT2D eigenvalue weighted by molar-refractivity contribution is -0.136. The molecule has 5 rings (SSSR count). The van der Waals surface area contributed by atoms with Crippen molar-refractivity contribution in [1.29, 1.82) is 0 Å². The van der Waals surface area contributed by atoms with Crippen molar-refractivity contribution in [3.05, 3.63) is 47.3 Å². The van der Waals surface area contributed by atoms with E-state index in [2.05, 4.69) is 48.8 Å². The van der Waals surface area contributed by atoms with Gasteiger partial charge in [0.15, 0.2) is 0 Å². The molecule has 1 aromatic carbocycles. The highest BCUT2D eigenvalue weighted by Gasteiger charge is 2.59. The Balaban J connectivity index is 1.47. The number of hydrogen-bond acceptors (Lipinski definition) is 5. The molecule has 2 saturated heterocycles.